The second-order valence-corrected chi connectivity index (χ2v) is 2.72. The van der Waals surface area contributed by atoms with Crippen LogP contribution in [0.3, 0.4) is 0 Å². The fourth-order valence-corrected chi connectivity index (χ4v) is 1.06. The van der Waals surface area contributed by atoms with Gasteiger partial charge in [0.05, 0.1) is 0 Å². The molecule has 0 aliphatic rings. The van der Waals surface area contributed by atoms with E-state index < -0.39 is 0 Å². The van der Waals surface area contributed by atoms with Crippen LogP contribution in [0.25, 0.3) is 5.82 Å². The average Bonchev–Trinajstić information content (AvgIpc) is 2.51. The van der Waals surface area contributed by atoms with Crippen LogP contribution in [-0.2, 0) is 0 Å². The molecule has 2 heterocycles. The van der Waals surface area contributed by atoms with E-state index in [0.29, 0.717) is 5.82 Å². The first-order valence-electron chi connectivity index (χ1n) is 3.82. The van der Waals surface area contributed by atoms with Crippen molar-refractivity contribution in [3.63, 3.8) is 0 Å². The lowest BCUT2D eigenvalue weighted by molar-refractivity contribution is 0.936. The number of aromatic nitrogens is 4. The molecular weight excluding hydrogens is 168 g/mol. The van der Waals surface area contributed by atoms with Crippen molar-refractivity contribution in [3.8, 4) is 5.82 Å². The van der Waals surface area contributed by atoms with Gasteiger partial charge in [0.2, 0.25) is 0 Å². The summed E-state index contributed by atoms with van der Waals surface area (Å²) in [4.78, 5) is 15.2. The molecule has 2 aromatic rings. The zero-order chi connectivity index (χ0) is 9.26. The third-order valence-corrected chi connectivity index (χ3v) is 1.70. The van der Waals surface area contributed by atoms with Crippen LogP contribution in [0, 0.1) is 6.92 Å². The molecule has 2 aromatic heterocycles. The smallest absolute Gasteiger partial charge is 0.246 e. The molecule has 5 nitrogen and oxygen atoms in total. The number of H-pyrrole nitrogens is 1. The van der Waals surface area contributed by atoms with E-state index in [2.05, 4.69) is 15.2 Å². The molecule has 0 aliphatic carbocycles. The van der Waals surface area contributed by atoms with Gasteiger partial charge in [-0.05, 0) is 24.6 Å². The Morgan fingerprint density at radius 2 is 2.38 bits per heavy atom. The SMILES string of the molecule is Cc1ccnc(-n2cn[nH]c2=O)c1. The van der Waals surface area contributed by atoms with Gasteiger partial charge < -0.3 is 0 Å². The molecule has 1 N–H and O–H groups in total. The predicted molar refractivity (Wildman–Crippen MR) is 46.7 cm³/mol. The van der Waals surface area contributed by atoms with Gasteiger partial charge in [-0.25, -0.2) is 19.4 Å². The van der Waals surface area contributed by atoms with Crippen molar-refractivity contribution in [1.82, 2.24) is 19.7 Å². The molecule has 0 radical (unpaired) electrons. The van der Waals surface area contributed by atoms with Crippen molar-refractivity contribution >= 4 is 0 Å². The van der Waals surface area contributed by atoms with Crippen LogP contribution in [0.5, 0.6) is 0 Å². The van der Waals surface area contributed by atoms with E-state index in [9.17, 15) is 4.79 Å². The van der Waals surface area contributed by atoms with Gasteiger partial charge in [-0.2, -0.15) is 5.10 Å². The van der Waals surface area contributed by atoms with Crippen molar-refractivity contribution < 1.29 is 0 Å². The molecule has 5 heteroatoms. The third-order valence-electron chi connectivity index (χ3n) is 1.70. The Labute approximate surface area is 74.1 Å². The first-order chi connectivity index (χ1) is 6.27. The van der Waals surface area contributed by atoms with Gasteiger partial charge >= 0.3 is 5.69 Å². The summed E-state index contributed by atoms with van der Waals surface area (Å²) in [5.74, 6) is 0.582. The minimum absolute atomic E-state index is 0.280. The van der Waals surface area contributed by atoms with Gasteiger partial charge in [0.25, 0.3) is 0 Å². The number of pyridine rings is 1. The standard InChI is InChI=1S/C8H8N4O/c1-6-2-3-9-7(4-6)12-5-10-11-8(12)13/h2-5H,1H3,(H,11,13). The zero-order valence-corrected chi connectivity index (χ0v) is 7.06. The van der Waals surface area contributed by atoms with Gasteiger partial charge in [-0.15, -0.1) is 0 Å². The first-order valence-corrected chi connectivity index (χ1v) is 3.82. The summed E-state index contributed by atoms with van der Waals surface area (Å²) < 4.78 is 1.35. The lowest BCUT2D eigenvalue weighted by Gasteiger charge is -1.98. The topological polar surface area (TPSA) is 63.6 Å². The van der Waals surface area contributed by atoms with Gasteiger partial charge in [0.1, 0.15) is 12.1 Å². The quantitative estimate of drug-likeness (QED) is 0.678. The summed E-state index contributed by atoms with van der Waals surface area (Å²) >= 11 is 0. The minimum atomic E-state index is -0.280. The molecule has 0 fully saturated rings. The summed E-state index contributed by atoms with van der Waals surface area (Å²) in [6, 6.07) is 3.69. The molecule has 0 amide bonds. The third kappa shape index (κ3) is 1.35. The minimum Gasteiger partial charge on any atom is -0.246 e. The number of nitrogens with one attached hydrogen (secondary N) is 1. The molecule has 0 unspecified atom stereocenters. The monoisotopic (exact) mass is 176 g/mol. The lowest BCUT2D eigenvalue weighted by Crippen LogP contribution is -2.15. The summed E-state index contributed by atoms with van der Waals surface area (Å²) in [5, 5.41) is 5.92. The van der Waals surface area contributed by atoms with Crippen LogP contribution in [0.4, 0.5) is 0 Å². The molecule has 0 atom stereocenters. The van der Waals surface area contributed by atoms with Crippen molar-refractivity contribution in [2.45, 2.75) is 6.92 Å². The van der Waals surface area contributed by atoms with Crippen LogP contribution >= 0.6 is 0 Å². The summed E-state index contributed by atoms with van der Waals surface area (Å²) in [6.07, 6.45) is 3.06. The van der Waals surface area contributed by atoms with Crippen LogP contribution in [-0.4, -0.2) is 19.7 Å². The van der Waals surface area contributed by atoms with Crippen molar-refractivity contribution in [2.24, 2.45) is 0 Å². The second kappa shape index (κ2) is 2.85. The fraction of sp³-hybridized carbons (Fsp3) is 0.125. The van der Waals surface area contributed by atoms with E-state index in [4.69, 9.17) is 0 Å². The Morgan fingerprint density at radius 1 is 1.54 bits per heavy atom. The summed E-state index contributed by atoms with van der Waals surface area (Å²) in [5.41, 5.74) is 0.774. The van der Waals surface area contributed by atoms with Crippen LogP contribution < -0.4 is 5.69 Å². The molecule has 0 saturated heterocycles. The molecule has 0 bridgehead atoms. The van der Waals surface area contributed by atoms with E-state index >= 15 is 0 Å². The van der Waals surface area contributed by atoms with E-state index in [1.54, 1.807) is 6.20 Å². The van der Waals surface area contributed by atoms with Gasteiger partial charge in [-0.1, -0.05) is 0 Å². The van der Waals surface area contributed by atoms with Crippen molar-refractivity contribution in [3.05, 3.63) is 40.7 Å². The largest absolute Gasteiger partial charge is 0.348 e. The van der Waals surface area contributed by atoms with E-state index in [-0.39, 0.29) is 5.69 Å². The predicted octanol–water partition coefficient (Wildman–Crippen LogP) is 0.264. The van der Waals surface area contributed by atoms with E-state index in [1.165, 1.54) is 10.9 Å². The molecular formula is C8H8N4O. The maximum atomic E-state index is 11.1. The van der Waals surface area contributed by atoms with E-state index in [1.807, 2.05) is 19.1 Å². The van der Waals surface area contributed by atoms with Crippen molar-refractivity contribution in [2.75, 3.05) is 0 Å². The molecule has 0 aliphatic heterocycles. The molecule has 0 saturated carbocycles. The highest BCUT2D eigenvalue weighted by Crippen LogP contribution is 2.02. The van der Waals surface area contributed by atoms with Gasteiger partial charge in [0.15, 0.2) is 0 Å². The average molecular weight is 176 g/mol. The first kappa shape index (κ1) is 7.72. The molecule has 13 heavy (non-hydrogen) atoms. The maximum absolute atomic E-state index is 11.1. The molecule has 0 spiro atoms. The Bertz CT molecular complexity index is 471. The fourth-order valence-electron chi connectivity index (χ4n) is 1.06. The lowest BCUT2D eigenvalue weighted by atomic mass is 10.3. The number of hydrogen-bond donors (Lipinski definition) is 1. The molecule has 2 rings (SSSR count). The van der Waals surface area contributed by atoms with Gasteiger partial charge in [0, 0.05) is 6.20 Å². The highest BCUT2D eigenvalue weighted by molar-refractivity contribution is 5.25. The number of aryl methyl sites for hydroxylation is 1. The Balaban J connectivity index is 2.59. The van der Waals surface area contributed by atoms with Crippen molar-refractivity contribution in [1.29, 1.82) is 0 Å². The Kier molecular flexibility index (Phi) is 1.70. The zero-order valence-electron chi connectivity index (χ0n) is 7.06. The van der Waals surface area contributed by atoms with Crippen LogP contribution in [0.1, 0.15) is 5.56 Å². The van der Waals surface area contributed by atoms with Crippen LogP contribution in [0.15, 0.2) is 29.5 Å². The number of nitrogens with zero attached hydrogens (tertiary/aromatic N) is 3. The van der Waals surface area contributed by atoms with E-state index in [0.717, 1.165) is 5.56 Å². The normalized spacial score (nSPS) is 10.2. The Morgan fingerprint density at radius 3 is 3.00 bits per heavy atom. The number of aromatic amines is 1. The maximum Gasteiger partial charge on any atom is 0.348 e. The van der Waals surface area contributed by atoms with Crippen LogP contribution in [0.2, 0.25) is 0 Å². The van der Waals surface area contributed by atoms with Gasteiger partial charge in [-0.3, -0.25) is 0 Å². The molecule has 66 valence electrons. The highest BCUT2D eigenvalue weighted by atomic mass is 16.1. The summed E-state index contributed by atoms with van der Waals surface area (Å²) in [6.45, 7) is 1.94. The highest BCUT2D eigenvalue weighted by Gasteiger charge is 2.00. The number of hydrogen-bond acceptors (Lipinski definition) is 3. The number of rotatable bonds is 1. The summed E-state index contributed by atoms with van der Waals surface area (Å²) in [7, 11) is 0. The molecule has 0 aromatic carbocycles. The second-order valence-electron chi connectivity index (χ2n) is 2.72. The Hall–Kier alpha value is -1.91.